The molecule has 0 aliphatic heterocycles. The van der Waals surface area contributed by atoms with Crippen LogP contribution in [0.15, 0.2) is 29.3 Å². The largest absolute Gasteiger partial charge is 0.326 e. The van der Waals surface area contributed by atoms with Gasteiger partial charge in [0.25, 0.3) is 0 Å². The molecule has 0 bridgehead atoms. The smallest absolute Gasteiger partial charge is 0.225 e. The Kier molecular flexibility index (Phi) is 6.52. The van der Waals surface area contributed by atoms with Gasteiger partial charge in [-0.25, -0.2) is 4.98 Å². The zero-order chi connectivity index (χ0) is 19.2. The number of amides is 1. The number of nitriles is 1. The molecule has 4 nitrogen and oxygen atoms in total. The average Bonchev–Trinajstić information content (AvgIpc) is 2.88. The van der Waals surface area contributed by atoms with Crippen molar-refractivity contribution in [2.45, 2.75) is 57.4 Å². The molecule has 0 saturated heterocycles. The van der Waals surface area contributed by atoms with E-state index >= 15 is 0 Å². The Balaban J connectivity index is 1.61. The number of carbonyl (C=O) groups is 1. The first kappa shape index (κ1) is 19.4. The van der Waals surface area contributed by atoms with E-state index in [9.17, 15) is 10.1 Å². The molecule has 1 heterocycles. The Morgan fingerprint density at radius 2 is 2.04 bits per heavy atom. The van der Waals surface area contributed by atoms with Gasteiger partial charge in [0.2, 0.25) is 5.91 Å². The first-order valence-electron chi connectivity index (χ1n) is 9.49. The minimum atomic E-state index is -0.00975. The summed E-state index contributed by atoms with van der Waals surface area (Å²) in [7, 11) is 0. The van der Waals surface area contributed by atoms with Crippen LogP contribution in [0.2, 0.25) is 0 Å². The van der Waals surface area contributed by atoms with Crippen molar-refractivity contribution in [3.63, 3.8) is 0 Å². The third kappa shape index (κ3) is 5.11. The van der Waals surface area contributed by atoms with Crippen LogP contribution in [-0.2, 0) is 17.6 Å². The number of aromatic nitrogens is 1. The van der Waals surface area contributed by atoms with Crippen molar-refractivity contribution in [2.24, 2.45) is 0 Å². The van der Waals surface area contributed by atoms with Gasteiger partial charge in [-0.3, -0.25) is 4.79 Å². The lowest BCUT2D eigenvalue weighted by Gasteiger charge is -2.11. The van der Waals surface area contributed by atoms with E-state index in [4.69, 9.17) is 4.98 Å². The van der Waals surface area contributed by atoms with Gasteiger partial charge < -0.3 is 5.32 Å². The highest BCUT2D eigenvalue weighted by Crippen LogP contribution is 2.27. The number of fused-ring (bicyclic) bond motifs is 1. The lowest BCUT2D eigenvalue weighted by molar-refractivity contribution is -0.115. The number of benzene rings is 1. The van der Waals surface area contributed by atoms with E-state index in [-0.39, 0.29) is 5.91 Å². The fraction of sp³-hybridized carbons (Fsp3) is 0.409. The van der Waals surface area contributed by atoms with Crippen LogP contribution in [0.5, 0.6) is 0 Å². The molecule has 1 N–H and O–H groups in total. The minimum absolute atomic E-state index is 0.00975. The van der Waals surface area contributed by atoms with Crippen LogP contribution < -0.4 is 5.32 Å². The second kappa shape index (κ2) is 9.05. The van der Waals surface area contributed by atoms with E-state index in [1.807, 2.05) is 38.1 Å². The number of hydrogen-bond acceptors (Lipinski definition) is 4. The number of carbonyl (C=O) groups excluding carboxylic acids is 1. The summed E-state index contributed by atoms with van der Waals surface area (Å²) in [6.45, 7) is 4.00. The van der Waals surface area contributed by atoms with E-state index < -0.39 is 0 Å². The van der Waals surface area contributed by atoms with Crippen LogP contribution in [-0.4, -0.2) is 16.6 Å². The van der Waals surface area contributed by atoms with E-state index in [0.717, 1.165) is 46.8 Å². The molecule has 1 amide bonds. The van der Waals surface area contributed by atoms with Crippen LogP contribution in [0.25, 0.3) is 0 Å². The van der Waals surface area contributed by atoms with Crippen molar-refractivity contribution in [1.29, 1.82) is 5.26 Å². The summed E-state index contributed by atoms with van der Waals surface area (Å²) in [6, 6.07) is 10.3. The van der Waals surface area contributed by atoms with E-state index in [2.05, 4.69) is 11.4 Å². The highest BCUT2D eigenvalue weighted by Gasteiger charge is 2.15. The molecule has 140 valence electrons. The predicted molar refractivity (Wildman–Crippen MR) is 110 cm³/mol. The number of rotatable bonds is 5. The lowest BCUT2D eigenvalue weighted by Crippen LogP contribution is -2.13. The maximum atomic E-state index is 12.3. The fourth-order valence-electron chi connectivity index (χ4n) is 3.31. The molecule has 2 aromatic rings. The first-order chi connectivity index (χ1) is 13.1. The lowest BCUT2D eigenvalue weighted by atomic mass is 10.1. The number of nitrogens with one attached hydrogen (secondary N) is 1. The van der Waals surface area contributed by atoms with Gasteiger partial charge in [0.15, 0.2) is 0 Å². The van der Waals surface area contributed by atoms with Crippen molar-refractivity contribution < 1.29 is 4.79 Å². The molecular formula is C22H25N3OS. The molecular weight excluding hydrogens is 354 g/mol. The molecule has 0 spiro atoms. The van der Waals surface area contributed by atoms with Crippen LogP contribution in [0, 0.1) is 25.2 Å². The Bertz CT molecular complexity index is 886. The molecule has 1 aromatic carbocycles. The number of thioether (sulfide) groups is 1. The molecule has 0 fully saturated rings. The number of aryl methyl sites for hydroxylation is 4. The molecule has 1 aliphatic carbocycles. The summed E-state index contributed by atoms with van der Waals surface area (Å²) in [4.78, 5) is 17.0. The standard InChI is InChI=1S/C22H25N3OS/c1-15-8-9-16(2)20(12-15)24-21(26)10-11-27-22-18(14-23)13-17-6-4-3-5-7-19(17)25-22/h8-9,12-13H,3-7,10-11H2,1-2H3,(H,24,26). The predicted octanol–water partition coefficient (Wildman–Crippen LogP) is 4.96. The Morgan fingerprint density at radius 1 is 1.22 bits per heavy atom. The molecule has 3 rings (SSSR count). The highest BCUT2D eigenvalue weighted by atomic mass is 32.2. The summed E-state index contributed by atoms with van der Waals surface area (Å²) in [5, 5.41) is 13.2. The second-order valence-corrected chi connectivity index (χ2v) is 8.17. The average molecular weight is 380 g/mol. The van der Waals surface area contributed by atoms with Crippen LogP contribution in [0.4, 0.5) is 5.69 Å². The number of anilines is 1. The number of nitrogens with zero attached hydrogens (tertiary/aromatic N) is 2. The quantitative estimate of drug-likeness (QED) is 0.589. The van der Waals surface area contributed by atoms with Crippen molar-refractivity contribution in [3.8, 4) is 6.07 Å². The monoisotopic (exact) mass is 379 g/mol. The molecule has 0 saturated carbocycles. The van der Waals surface area contributed by atoms with Crippen molar-refractivity contribution in [3.05, 3.63) is 52.2 Å². The number of pyridine rings is 1. The first-order valence-corrected chi connectivity index (χ1v) is 10.5. The molecule has 0 unspecified atom stereocenters. The van der Waals surface area contributed by atoms with Crippen LogP contribution in [0.1, 0.15) is 53.6 Å². The van der Waals surface area contributed by atoms with Gasteiger partial charge in [-0.05, 0) is 68.4 Å². The third-order valence-corrected chi connectivity index (χ3v) is 5.86. The van der Waals surface area contributed by atoms with Crippen molar-refractivity contribution >= 4 is 23.4 Å². The fourth-order valence-corrected chi connectivity index (χ4v) is 4.22. The Labute approximate surface area is 165 Å². The molecule has 1 aliphatic rings. The summed E-state index contributed by atoms with van der Waals surface area (Å²) < 4.78 is 0. The molecule has 27 heavy (non-hydrogen) atoms. The van der Waals surface area contributed by atoms with Gasteiger partial charge in [0, 0.05) is 23.6 Å². The number of hydrogen-bond donors (Lipinski definition) is 1. The maximum Gasteiger partial charge on any atom is 0.225 e. The molecule has 5 heteroatoms. The van der Waals surface area contributed by atoms with Gasteiger partial charge in [-0.2, -0.15) is 5.26 Å². The van der Waals surface area contributed by atoms with E-state index in [1.165, 1.54) is 30.2 Å². The molecule has 0 atom stereocenters. The highest BCUT2D eigenvalue weighted by molar-refractivity contribution is 7.99. The van der Waals surface area contributed by atoms with Gasteiger partial charge in [-0.15, -0.1) is 11.8 Å². The summed E-state index contributed by atoms with van der Waals surface area (Å²) in [5.74, 6) is 0.599. The summed E-state index contributed by atoms with van der Waals surface area (Å²) in [5.41, 5.74) is 6.04. The second-order valence-electron chi connectivity index (χ2n) is 7.08. The Morgan fingerprint density at radius 3 is 2.85 bits per heavy atom. The molecule has 1 aromatic heterocycles. The van der Waals surface area contributed by atoms with Gasteiger partial charge >= 0.3 is 0 Å². The van der Waals surface area contributed by atoms with Gasteiger partial charge in [0.1, 0.15) is 11.1 Å². The SMILES string of the molecule is Cc1ccc(C)c(NC(=O)CCSc2nc3c(cc2C#N)CCCCC3)c1. The Hall–Kier alpha value is -2.32. The van der Waals surface area contributed by atoms with Crippen LogP contribution in [0.3, 0.4) is 0 Å². The third-order valence-electron chi connectivity index (χ3n) is 4.87. The normalized spacial score (nSPS) is 13.4. The van der Waals surface area contributed by atoms with Crippen molar-refractivity contribution in [1.82, 2.24) is 4.98 Å². The molecule has 0 radical (unpaired) electrons. The van der Waals surface area contributed by atoms with Crippen LogP contribution >= 0.6 is 11.8 Å². The zero-order valence-corrected chi connectivity index (χ0v) is 16.8. The summed E-state index contributed by atoms with van der Waals surface area (Å²) >= 11 is 1.50. The van der Waals surface area contributed by atoms with E-state index in [1.54, 1.807) is 0 Å². The van der Waals surface area contributed by atoms with Crippen molar-refractivity contribution in [2.75, 3.05) is 11.1 Å². The van der Waals surface area contributed by atoms with E-state index in [0.29, 0.717) is 17.7 Å². The minimum Gasteiger partial charge on any atom is -0.326 e. The topological polar surface area (TPSA) is 65.8 Å². The van der Waals surface area contributed by atoms with Gasteiger partial charge in [0.05, 0.1) is 5.56 Å². The summed E-state index contributed by atoms with van der Waals surface area (Å²) in [6.07, 6.45) is 5.95. The maximum absolute atomic E-state index is 12.3. The zero-order valence-electron chi connectivity index (χ0n) is 16.0. The van der Waals surface area contributed by atoms with Gasteiger partial charge in [-0.1, -0.05) is 18.6 Å².